The molecule has 9 nitrogen and oxygen atoms in total. The van der Waals surface area contributed by atoms with Gasteiger partial charge in [0, 0.05) is 18.8 Å². The summed E-state index contributed by atoms with van der Waals surface area (Å²) in [6.07, 6.45) is 2.14. The molecule has 2 aromatic heterocycles. The molecule has 2 aromatic carbocycles. The zero-order valence-corrected chi connectivity index (χ0v) is 18.2. The first kappa shape index (κ1) is 20.3. The topological polar surface area (TPSA) is 93.8 Å². The molecule has 0 radical (unpaired) electrons. The highest BCUT2D eigenvalue weighted by molar-refractivity contribution is 6.32. The second-order valence-electron chi connectivity index (χ2n) is 7.62. The average Bonchev–Trinajstić information content (AvgIpc) is 3.42. The Morgan fingerprint density at radius 1 is 1.19 bits per heavy atom. The van der Waals surface area contributed by atoms with Crippen molar-refractivity contribution in [2.24, 2.45) is 0 Å². The summed E-state index contributed by atoms with van der Waals surface area (Å²) in [5.41, 5.74) is 1.94. The van der Waals surface area contributed by atoms with Gasteiger partial charge in [-0.2, -0.15) is 0 Å². The lowest BCUT2D eigenvalue weighted by Crippen LogP contribution is -2.28. The number of anilines is 2. The van der Waals surface area contributed by atoms with Gasteiger partial charge in [-0.05, 0) is 43.2 Å². The fourth-order valence-electron chi connectivity index (χ4n) is 4.01. The van der Waals surface area contributed by atoms with E-state index in [9.17, 15) is 9.59 Å². The smallest absolute Gasteiger partial charge is 0.351 e. The third-order valence-corrected chi connectivity index (χ3v) is 5.82. The largest absolute Gasteiger partial charge is 0.495 e. The van der Waals surface area contributed by atoms with Gasteiger partial charge in [0.05, 0.1) is 23.2 Å². The molecule has 1 aliphatic heterocycles. The number of nitrogens with one attached hydrogen (secondary N) is 1. The number of hydrogen-bond donors (Lipinski definition) is 1. The second kappa shape index (κ2) is 8.16. The van der Waals surface area contributed by atoms with E-state index in [-0.39, 0.29) is 12.2 Å². The molecule has 0 saturated carbocycles. The summed E-state index contributed by atoms with van der Waals surface area (Å²) in [5.74, 6) is 0.783. The van der Waals surface area contributed by atoms with Crippen LogP contribution in [0.15, 0.2) is 47.3 Å². The molecule has 5 rings (SSSR count). The lowest BCUT2D eigenvalue weighted by Gasteiger charge is -2.17. The molecular formula is C22H21ClN6O3. The van der Waals surface area contributed by atoms with Gasteiger partial charge in [0.1, 0.15) is 12.3 Å². The molecule has 32 heavy (non-hydrogen) atoms. The maximum absolute atomic E-state index is 13.2. The molecule has 164 valence electrons. The number of fused-ring (bicyclic) bond motifs is 3. The summed E-state index contributed by atoms with van der Waals surface area (Å²) < 4.78 is 7.83. The minimum absolute atomic E-state index is 0.238. The van der Waals surface area contributed by atoms with Crippen molar-refractivity contribution in [2.75, 3.05) is 30.4 Å². The Bertz CT molecular complexity index is 1390. The molecule has 3 heterocycles. The number of hydrogen-bond acceptors (Lipinski definition) is 6. The number of nitrogens with zero attached hydrogens (tertiary/aromatic N) is 5. The molecule has 10 heteroatoms. The van der Waals surface area contributed by atoms with Gasteiger partial charge in [-0.25, -0.2) is 18.9 Å². The van der Waals surface area contributed by atoms with Gasteiger partial charge < -0.3 is 15.0 Å². The standard InChI is InChI=1S/C22H21ClN6O3/c1-32-18-9-8-14(12-15(18)23)24-19(30)13-28-22(31)29-17-7-3-2-6-16(17)25-20(21(29)26-28)27-10-4-5-11-27/h2-3,6-9,12H,4-5,10-11,13H2,1H3,(H,24,30). The van der Waals surface area contributed by atoms with Crippen LogP contribution in [0.2, 0.25) is 5.02 Å². The van der Waals surface area contributed by atoms with Crippen molar-refractivity contribution >= 4 is 45.7 Å². The van der Waals surface area contributed by atoms with Crippen molar-refractivity contribution in [1.29, 1.82) is 0 Å². The third kappa shape index (κ3) is 3.54. The number of methoxy groups -OCH3 is 1. The van der Waals surface area contributed by atoms with Crippen molar-refractivity contribution in [3.05, 3.63) is 58.0 Å². The molecule has 0 spiro atoms. The lowest BCUT2D eigenvalue weighted by molar-refractivity contribution is -0.117. The SMILES string of the molecule is COc1ccc(NC(=O)Cn2nc3c(N4CCCC4)nc4ccccc4n3c2=O)cc1Cl. The predicted octanol–water partition coefficient (Wildman–Crippen LogP) is 2.95. The number of halogens is 1. The Balaban J connectivity index is 1.52. The highest BCUT2D eigenvalue weighted by atomic mass is 35.5. The monoisotopic (exact) mass is 452 g/mol. The highest BCUT2D eigenvalue weighted by Gasteiger charge is 2.23. The average molecular weight is 453 g/mol. The minimum atomic E-state index is -0.392. The summed E-state index contributed by atoms with van der Waals surface area (Å²) in [7, 11) is 1.52. The van der Waals surface area contributed by atoms with Crippen LogP contribution in [0.5, 0.6) is 5.75 Å². The first-order valence-electron chi connectivity index (χ1n) is 10.3. The van der Waals surface area contributed by atoms with Crippen molar-refractivity contribution in [2.45, 2.75) is 19.4 Å². The van der Waals surface area contributed by atoms with E-state index in [1.807, 2.05) is 24.3 Å². The molecule has 4 aromatic rings. The van der Waals surface area contributed by atoms with Crippen LogP contribution in [0.1, 0.15) is 12.8 Å². The molecule has 1 N–H and O–H groups in total. The minimum Gasteiger partial charge on any atom is -0.495 e. The third-order valence-electron chi connectivity index (χ3n) is 5.52. The fourth-order valence-corrected chi connectivity index (χ4v) is 4.26. The fraction of sp³-hybridized carbons (Fsp3) is 0.273. The van der Waals surface area contributed by atoms with Crippen LogP contribution < -0.4 is 20.6 Å². The highest BCUT2D eigenvalue weighted by Crippen LogP contribution is 2.27. The van der Waals surface area contributed by atoms with Gasteiger partial charge in [0.25, 0.3) is 0 Å². The van der Waals surface area contributed by atoms with E-state index in [1.165, 1.54) is 16.2 Å². The normalized spacial score (nSPS) is 13.8. The van der Waals surface area contributed by atoms with E-state index in [1.54, 1.807) is 18.2 Å². The maximum atomic E-state index is 13.2. The van der Waals surface area contributed by atoms with Crippen LogP contribution in [0.4, 0.5) is 11.5 Å². The van der Waals surface area contributed by atoms with E-state index in [0.717, 1.165) is 25.9 Å². The van der Waals surface area contributed by atoms with E-state index < -0.39 is 5.91 Å². The Hall–Kier alpha value is -3.59. The van der Waals surface area contributed by atoms with Crippen LogP contribution in [-0.4, -0.2) is 45.3 Å². The number of aromatic nitrogens is 4. The summed E-state index contributed by atoms with van der Waals surface area (Å²) in [5, 5.41) is 7.61. The van der Waals surface area contributed by atoms with Crippen molar-refractivity contribution in [3.63, 3.8) is 0 Å². The molecular weight excluding hydrogens is 432 g/mol. The number of carbonyl (C=O) groups excluding carboxylic acids is 1. The molecule has 0 bridgehead atoms. The number of carbonyl (C=O) groups is 1. The molecule has 0 atom stereocenters. The van der Waals surface area contributed by atoms with Crippen LogP contribution in [-0.2, 0) is 11.3 Å². The molecule has 1 aliphatic rings. The zero-order chi connectivity index (χ0) is 22.2. The van der Waals surface area contributed by atoms with Crippen LogP contribution in [0.25, 0.3) is 16.7 Å². The Kier molecular flexibility index (Phi) is 5.18. The first-order valence-corrected chi connectivity index (χ1v) is 10.7. The van der Waals surface area contributed by atoms with Gasteiger partial charge in [0.2, 0.25) is 11.6 Å². The molecule has 0 unspecified atom stereocenters. The second-order valence-corrected chi connectivity index (χ2v) is 8.02. The van der Waals surface area contributed by atoms with Crippen molar-refractivity contribution in [3.8, 4) is 5.75 Å². The van der Waals surface area contributed by atoms with Gasteiger partial charge >= 0.3 is 5.69 Å². The van der Waals surface area contributed by atoms with E-state index >= 15 is 0 Å². The maximum Gasteiger partial charge on any atom is 0.351 e. The Labute approximate surface area is 188 Å². The van der Waals surface area contributed by atoms with Gasteiger partial charge in [-0.3, -0.25) is 4.79 Å². The number of para-hydroxylation sites is 2. The zero-order valence-electron chi connectivity index (χ0n) is 17.4. The van der Waals surface area contributed by atoms with Crippen LogP contribution >= 0.6 is 11.6 Å². The van der Waals surface area contributed by atoms with Gasteiger partial charge in [-0.1, -0.05) is 23.7 Å². The van der Waals surface area contributed by atoms with Crippen molar-refractivity contribution in [1.82, 2.24) is 19.2 Å². The quantitative estimate of drug-likeness (QED) is 0.500. The summed E-state index contributed by atoms with van der Waals surface area (Å²) in [6, 6.07) is 12.4. The number of benzene rings is 2. The van der Waals surface area contributed by atoms with E-state index in [2.05, 4.69) is 15.3 Å². The van der Waals surface area contributed by atoms with Crippen molar-refractivity contribution < 1.29 is 9.53 Å². The number of amides is 1. The Morgan fingerprint density at radius 3 is 2.72 bits per heavy atom. The summed E-state index contributed by atoms with van der Waals surface area (Å²) in [4.78, 5) is 32.8. The molecule has 0 aliphatic carbocycles. The first-order chi connectivity index (χ1) is 15.5. The molecule has 1 fully saturated rings. The lowest BCUT2D eigenvalue weighted by atomic mass is 10.3. The summed E-state index contributed by atoms with van der Waals surface area (Å²) in [6.45, 7) is 1.49. The van der Waals surface area contributed by atoms with E-state index in [4.69, 9.17) is 21.3 Å². The Morgan fingerprint density at radius 2 is 1.97 bits per heavy atom. The predicted molar refractivity (Wildman–Crippen MR) is 123 cm³/mol. The molecule has 1 amide bonds. The van der Waals surface area contributed by atoms with E-state index in [0.29, 0.717) is 39.0 Å². The summed E-state index contributed by atoms with van der Waals surface area (Å²) >= 11 is 6.13. The number of rotatable bonds is 5. The van der Waals surface area contributed by atoms with Crippen LogP contribution in [0, 0.1) is 0 Å². The molecule has 1 saturated heterocycles. The van der Waals surface area contributed by atoms with Gasteiger partial charge in [-0.15, -0.1) is 5.10 Å². The van der Waals surface area contributed by atoms with Gasteiger partial charge in [0.15, 0.2) is 5.82 Å². The van der Waals surface area contributed by atoms with Crippen LogP contribution in [0.3, 0.4) is 0 Å². The number of ether oxygens (including phenoxy) is 1.